The van der Waals surface area contributed by atoms with E-state index in [2.05, 4.69) is 71.6 Å². The predicted molar refractivity (Wildman–Crippen MR) is 187 cm³/mol. The number of aromatic amines is 1. The van der Waals surface area contributed by atoms with Gasteiger partial charge < -0.3 is 25.3 Å². The quantitative estimate of drug-likeness (QED) is 0.305. The number of hydrogen-bond donors (Lipinski definition) is 3. The molecule has 1 atom stereocenters. The number of aromatic nitrogens is 2. The van der Waals surface area contributed by atoms with Gasteiger partial charge in [0.05, 0.1) is 11.7 Å². The van der Waals surface area contributed by atoms with Crippen molar-refractivity contribution in [2.75, 3.05) is 77.3 Å². The lowest BCUT2D eigenvalue weighted by Crippen LogP contribution is -2.52. The minimum absolute atomic E-state index is 0.0743. The Balaban J connectivity index is 0.957. The number of hydrogen-bond acceptors (Lipinski definition) is 6. The Morgan fingerprint density at radius 1 is 0.913 bits per heavy atom. The van der Waals surface area contributed by atoms with Crippen LogP contribution in [0, 0.1) is 5.92 Å². The van der Waals surface area contributed by atoms with Crippen molar-refractivity contribution >= 4 is 22.6 Å². The van der Waals surface area contributed by atoms with E-state index in [1.165, 1.54) is 79.6 Å². The molecule has 0 spiro atoms. The Morgan fingerprint density at radius 2 is 1.67 bits per heavy atom. The molecule has 7 rings (SSSR count). The van der Waals surface area contributed by atoms with E-state index in [-0.39, 0.29) is 6.03 Å². The van der Waals surface area contributed by atoms with Crippen LogP contribution in [0.1, 0.15) is 55.7 Å². The molecule has 0 saturated carbocycles. The highest BCUT2D eigenvalue weighted by Gasteiger charge is 2.31. The molecule has 3 saturated heterocycles. The van der Waals surface area contributed by atoms with Crippen molar-refractivity contribution < 1.29 is 4.79 Å². The number of piperidine rings is 2. The number of aryl methyl sites for hydroxylation is 1. The number of H-pyrrole nitrogens is 1. The lowest BCUT2D eigenvalue weighted by atomic mass is 9.91. The number of likely N-dealkylation sites (tertiary alicyclic amines) is 2. The Labute approximate surface area is 275 Å². The van der Waals surface area contributed by atoms with Crippen molar-refractivity contribution in [3.8, 4) is 0 Å². The number of amides is 2. The second kappa shape index (κ2) is 14.8. The number of rotatable bonds is 10. The van der Waals surface area contributed by atoms with Gasteiger partial charge in [-0.05, 0) is 106 Å². The summed E-state index contributed by atoms with van der Waals surface area (Å²) >= 11 is 0. The number of nitrogens with zero attached hydrogens (tertiary/aromatic N) is 5. The molecule has 4 aliphatic heterocycles. The molecule has 5 heterocycles. The highest BCUT2D eigenvalue weighted by atomic mass is 16.2. The zero-order valence-corrected chi connectivity index (χ0v) is 27.9. The predicted octanol–water partition coefficient (Wildman–Crippen LogP) is 4.60. The van der Waals surface area contributed by atoms with E-state index in [0.717, 1.165) is 83.1 Å². The van der Waals surface area contributed by atoms with E-state index >= 15 is 0 Å². The van der Waals surface area contributed by atoms with Gasteiger partial charge in [0.25, 0.3) is 0 Å². The summed E-state index contributed by atoms with van der Waals surface area (Å²) in [6, 6.07) is 14.2. The topological polar surface area (TPSA) is 82.8 Å². The van der Waals surface area contributed by atoms with E-state index in [9.17, 15) is 4.79 Å². The third-order valence-corrected chi connectivity index (χ3v) is 11.3. The van der Waals surface area contributed by atoms with Crippen LogP contribution in [0.3, 0.4) is 0 Å². The van der Waals surface area contributed by atoms with Crippen LogP contribution >= 0.6 is 0 Å². The molecule has 2 amide bonds. The molecular formula is C37H54N8O. The largest absolute Gasteiger partial charge is 0.322 e. The fourth-order valence-electron chi connectivity index (χ4n) is 8.62. The van der Waals surface area contributed by atoms with Gasteiger partial charge in [-0.2, -0.15) is 5.10 Å². The number of carbonyl (C=O) groups is 1. The molecule has 0 bridgehead atoms. The fourth-order valence-corrected chi connectivity index (χ4v) is 8.62. The second-order valence-corrected chi connectivity index (χ2v) is 14.2. The number of carbonyl (C=O) groups excluding carboxylic acids is 1. The van der Waals surface area contributed by atoms with E-state index in [1.54, 1.807) is 0 Å². The van der Waals surface area contributed by atoms with Gasteiger partial charge in [-0.25, -0.2) is 4.79 Å². The molecule has 3 fully saturated rings. The van der Waals surface area contributed by atoms with Crippen molar-refractivity contribution in [1.82, 2.24) is 35.1 Å². The SMILES string of the molecule is CCc1cc(CC(CCN2CCC(N3CCc4ccccc4NC3=O)CC2)CN2CCC(N3CCNCC3)CC2)cc2cn[nH]c12. The van der Waals surface area contributed by atoms with Crippen molar-refractivity contribution in [1.29, 1.82) is 0 Å². The summed E-state index contributed by atoms with van der Waals surface area (Å²) in [6.45, 7) is 14.7. The van der Waals surface area contributed by atoms with Crippen molar-refractivity contribution in [3.05, 3.63) is 59.3 Å². The Hall–Kier alpha value is -2.98. The molecule has 3 aromatic rings. The standard InChI is InChI=1S/C37H54N8O/c1-2-30-24-29(25-32-26-39-41-36(30)32)23-28(27-43-18-9-33(10-19-43)44-21-13-38-14-22-44)7-15-42-16-11-34(12-17-42)45-20-8-31-5-3-4-6-35(31)40-37(45)46/h3-6,24-26,28,33-34,38H,2,7-23,27H2,1H3,(H,39,41)(H,40,46). The van der Waals surface area contributed by atoms with Crippen LogP contribution in [0.5, 0.6) is 0 Å². The summed E-state index contributed by atoms with van der Waals surface area (Å²) in [5.74, 6) is 0.623. The zero-order valence-electron chi connectivity index (χ0n) is 27.9. The summed E-state index contributed by atoms with van der Waals surface area (Å²) in [6.07, 6.45) is 11.0. The highest BCUT2D eigenvalue weighted by Crippen LogP contribution is 2.27. The normalized spacial score (nSPS) is 22.1. The maximum Gasteiger partial charge on any atom is 0.322 e. The highest BCUT2D eigenvalue weighted by molar-refractivity contribution is 5.91. The van der Waals surface area contributed by atoms with Gasteiger partial charge in [0.1, 0.15) is 0 Å². The fraction of sp³-hybridized carbons (Fsp3) is 0.622. The number of benzene rings is 2. The first-order valence-corrected chi connectivity index (χ1v) is 18.1. The third kappa shape index (κ3) is 7.43. The molecule has 9 heteroatoms. The van der Waals surface area contributed by atoms with Crippen LogP contribution < -0.4 is 10.6 Å². The van der Waals surface area contributed by atoms with Crippen LogP contribution in [0.2, 0.25) is 0 Å². The van der Waals surface area contributed by atoms with Crippen molar-refractivity contribution in [2.45, 2.75) is 70.4 Å². The van der Waals surface area contributed by atoms with Gasteiger partial charge in [0.15, 0.2) is 0 Å². The Morgan fingerprint density at radius 3 is 2.48 bits per heavy atom. The summed E-state index contributed by atoms with van der Waals surface area (Å²) in [5, 5.41) is 15.5. The molecule has 4 aliphatic rings. The first kappa shape index (κ1) is 31.6. The molecule has 3 N–H and O–H groups in total. The zero-order chi connectivity index (χ0) is 31.3. The van der Waals surface area contributed by atoms with E-state index < -0.39 is 0 Å². The summed E-state index contributed by atoms with van der Waals surface area (Å²) in [4.78, 5) is 23.4. The lowest BCUT2D eigenvalue weighted by molar-refractivity contribution is 0.0854. The maximum absolute atomic E-state index is 13.1. The van der Waals surface area contributed by atoms with Crippen LogP contribution in [-0.4, -0.2) is 120 Å². The second-order valence-electron chi connectivity index (χ2n) is 14.2. The average Bonchev–Trinajstić information content (AvgIpc) is 3.51. The van der Waals surface area contributed by atoms with Gasteiger partial charge in [-0.1, -0.05) is 31.2 Å². The summed E-state index contributed by atoms with van der Waals surface area (Å²) in [5.41, 5.74) is 6.25. The van der Waals surface area contributed by atoms with E-state index in [1.807, 2.05) is 18.3 Å². The number of anilines is 1. The average molecular weight is 627 g/mol. The van der Waals surface area contributed by atoms with Gasteiger partial charge in [0.2, 0.25) is 0 Å². The summed E-state index contributed by atoms with van der Waals surface area (Å²) < 4.78 is 0. The van der Waals surface area contributed by atoms with Gasteiger partial charge in [-0.15, -0.1) is 0 Å². The Kier molecular flexibility index (Phi) is 10.2. The lowest BCUT2D eigenvalue weighted by Gasteiger charge is -2.41. The molecule has 1 unspecified atom stereocenters. The van der Waals surface area contributed by atoms with Crippen LogP contribution in [0.15, 0.2) is 42.6 Å². The molecule has 1 aromatic heterocycles. The van der Waals surface area contributed by atoms with Gasteiger partial charge >= 0.3 is 6.03 Å². The van der Waals surface area contributed by atoms with Gasteiger partial charge in [-0.3, -0.25) is 10.00 Å². The van der Waals surface area contributed by atoms with Gasteiger partial charge in [0, 0.05) is 75.5 Å². The van der Waals surface area contributed by atoms with Crippen LogP contribution in [-0.2, 0) is 19.3 Å². The third-order valence-electron chi connectivity index (χ3n) is 11.3. The Bertz CT molecular complexity index is 1430. The first-order valence-electron chi connectivity index (χ1n) is 18.1. The monoisotopic (exact) mass is 626 g/mol. The molecule has 2 aromatic carbocycles. The minimum atomic E-state index is 0.0743. The molecule has 46 heavy (non-hydrogen) atoms. The van der Waals surface area contributed by atoms with Crippen LogP contribution in [0.4, 0.5) is 10.5 Å². The molecule has 0 aliphatic carbocycles. The summed E-state index contributed by atoms with van der Waals surface area (Å²) in [7, 11) is 0. The van der Waals surface area contributed by atoms with E-state index in [4.69, 9.17) is 0 Å². The number of piperazine rings is 1. The first-order chi connectivity index (χ1) is 22.6. The van der Waals surface area contributed by atoms with Crippen molar-refractivity contribution in [2.24, 2.45) is 5.92 Å². The molecule has 0 radical (unpaired) electrons. The minimum Gasteiger partial charge on any atom is -0.321 e. The number of fused-ring (bicyclic) bond motifs is 2. The van der Waals surface area contributed by atoms with E-state index in [0.29, 0.717) is 12.0 Å². The molecule has 9 nitrogen and oxygen atoms in total. The number of para-hydroxylation sites is 1. The number of urea groups is 1. The van der Waals surface area contributed by atoms with Crippen LogP contribution in [0.25, 0.3) is 10.9 Å². The molecule has 248 valence electrons. The number of nitrogens with one attached hydrogen (secondary N) is 3. The smallest absolute Gasteiger partial charge is 0.321 e. The molecular weight excluding hydrogens is 572 g/mol. The maximum atomic E-state index is 13.1. The van der Waals surface area contributed by atoms with Crippen molar-refractivity contribution in [3.63, 3.8) is 0 Å².